The van der Waals surface area contributed by atoms with Crippen molar-refractivity contribution in [2.45, 2.75) is 116 Å². The van der Waals surface area contributed by atoms with Crippen LogP contribution in [0.3, 0.4) is 0 Å². The maximum Gasteiger partial charge on any atom is 0.220 e. The predicted octanol–water partition coefficient (Wildman–Crippen LogP) is 4.93. The molecule has 3 nitrogen and oxygen atoms in total. The van der Waals surface area contributed by atoms with E-state index in [4.69, 9.17) is 5.73 Å². The van der Waals surface area contributed by atoms with Gasteiger partial charge < -0.3 is 11.1 Å². The van der Waals surface area contributed by atoms with Crippen LogP contribution in [-0.4, -0.2) is 17.5 Å². The lowest BCUT2D eigenvalue weighted by Crippen LogP contribution is -2.43. The Labute approximate surface area is 138 Å². The van der Waals surface area contributed by atoms with Gasteiger partial charge in [0.2, 0.25) is 5.91 Å². The highest BCUT2D eigenvalue weighted by molar-refractivity contribution is 5.76. The number of carbonyl (C=O) groups is 1. The summed E-state index contributed by atoms with van der Waals surface area (Å²) in [5, 5.41) is 3.13. The molecule has 3 N–H and O–H groups in total. The van der Waals surface area contributed by atoms with E-state index in [1.165, 1.54) is 51.4 Å². The second-order valence-electron chi connectivity index (χ2n) is 7.44. The molecule has 0 rings (SSSR count). The van der Waals surface area contributed by atoms with Crippen molar-refractivity contribution in [3.63, 3.8) is 0 Å². The molecule has 0 aromatic heterocycles. The molecule has 0 spiro atoms. The van der Waals surface area contributed by atoms with E-state index >= 15 is 0 Å². The van der Waals surface area contributed by atoms with Gasteiger partial charge in [-0.15, -0.1) is 0 Å². The summed E-state index contributed by atoms with van der Waals surface area (Å²) in [6, 6.07) is 0.214. The highest BCUT2D eigenvalue weighted by atomic mass is 16.1. The third kappa shape index (κ3) is 14.4. The number of nitrogens with one attached hydrogen (secondary N) is 1. The molecule has 0 fully saturated rings. The topological polar surface area (TPSA) is 55.1 Å². The number of rotatable bonds is 14. The molecule has 0 radical (unpaired) electrons. The Bertz CT molecular complexity index is 271. The van der Waals surface area contributed by atoms with E-state index in [0.717, 1.165) is 19.3 Å². The van der Waals surface area contributed by atoms with Crippen LogP contribution in [0.4, 0.5) is 0 Å². The lowest BCUT2D eigenvalue weighted by atomic mass is 9.95. The minimum absolute atomic E-state index is 0.194. The fourth-order valence-corrected chi connectivity index (χ4v) is 2.83. The van der Waals surface area contributed by atoms with Crippen molar-refractivity contribution in [3.8, 4) is 0 Å². The van der Waals surface area contributed by atoms with E-state index < -0.39 is 0 Å². The summed E-state index contributed by atoms with van der Waals surface area (Å²) in [7, 11) is 0. The first-order chi connectivity index (χ1) is 10.4. The molecule has 3 heteroatoms. The maximum atomic E-state index is 12.0. The van der Waals surface area contributed by atoms with Gasteiger partial charge in [-0.1, -0.05) is 65.2 Å². The Morgan fingerprint density at radius 1 is 0.955 bits per heavy atom. The number of hydrogen-bond acceptors (Lipinski definition) is 2. The van der Waals surface area contributed by atoms with Gasteiger partial charge in [-0.3, -0.25) is 4.79 Å². The zero-order valence-electron chi connectivity index (χ0n) is 15.5. The third-order valence-electron chi connectivity index (χ3n) is 4.14. The normalized spacial score (nSPS) is 13.1. The molecule has 1 unspecified atom stereocenters. The predicted molar refractivity (Wildman–Crippen MR) is 96.9 cm³/mol. The van der Waals surface area contributed by atoms with Crippen LogP contribution in [0.1, 0.15) is 105 Å². The maximum absolute atomic E-state index is 12.0. The first-order valence-electron chi connectivity index (χ1n) is 9.47. The van der Waals surface area contributed by atoms with Crippen LogP contribution in [0.25, 0.3) is 0 Å². The number of nitrogens with two attached hydrogens (primary N) is 1. The number of hydrogen-bond donors (Lipinski definition) is 2. The van der Waals surface area contributed by atoms with Gasteiger partial charge in [0, 0.05) is 18.0 Å². The van der Waals surface area contributed by atoms with Gasteiger partial charge in [0.05, 0.1) is 0 Å². The smallest absolute Gasteiger partial charge is 0.220 e. The molecule has 0 aliphatic rings. The molecule has 0 saturated heterocycles. The summed E-state index contributed by atoms with van der Waals surface area (Å²) < 4.78 is 0. The van der Waals surface area contributed by atoms with Crippen molar-refractivity contribution in [1.82, 2.24) is 5.32 Å². The van der Waals surface area contributed by atoms with Crippen LogP contribution in [0.2, 0.25) is 0 Å². The summed E-state index contributed by atoms with van der Waals surface area (Å²) in [6.45, 7) is 8.39. The largest absolute Gasteiger partial charge is 0.353 e. The zero-order chi connectivity index (χ0) is 16.8. The molecule has 132 valence electrons. The van der Waals surface area contributed by atoms with Crippen molar-refractivity contribution in [2.75, 3.05) is 0 Å². The van der Waals surface area contributed by atoms with Crippen LogP contribution < -0.4 is 11.1 Å². The van der Waals surface area contributed by atoms with E-state index in [1.807, 2.05) is 13.8 Å². The molecule has 0 heterocycles. The van der Waals surface area contributed by atoms with Crippen molar-refractivity contribution in [3.05, 3.63) is 0 Å². The monoisotopic (exact) mass is 312 g/mol. The second kappa shape index (κ2) is 12.9. The average Bonchev–Trinajstić information content (AvgIpc) is 2.43. The standard InChI is InChI=1S/C19H40N2O/c1-5-7-8-9-10-11-12-13-14-15-18(22)21-17(6-2)16-19(3,4)20/h17H,5-16,20H2,1-4H3,(H,21,22). The Kier molecular flexibility index (Phi) is 12.6. The molecule has 0 saturated carbocycles. The number of unbranched alkanes of at least 4 members (excludes halogenated alkanes) is 8. The Hall–Kier alpha value is -0.570. The van der Waals surface area contributed by atoms with Crippen LogP contribution in [0.5, 0.6) is 0 Å². The number of carbonyl (C=O) groups excluding carboxylic acids is 1. The first-order valence-corrected chi connectivity index (χ1v) is 9.47. The molecule has 0 bridgehead atoms. The van der Waals surface area contributed by atoms with Crippen LogP contribution in [0.15, 0.2) is 0 Å². The van der Waals surface area contributed by atoms with E-state index in [0.29, 0.717) is 6.42 Å². The summed E-state index contributed by atoms with van der Waals surface area (Å²) in [5.74, 6) is 0.194. The van der Waals surface area contributed by atoms with Crippen LogP contribution >= 0.6 is 0 Å². The van der Waals surface area contributed by atoms with Gasteiger partial charge >= 0.3 is 0 Å². The molecule has 1 amide bonds. The SMILES string of the molecule is CCCCCCCCCCCC(=O)NC(CC)CC(C)(C)N. The van der Waals surface area contributed by atoms with Crippen molar-refractivity contribution in [2.24, 2.45) is 5.73 Å². The zero-order valence-corrected chi connectivity index (χ0v) is 15.5. The molecule has 22 heavy (non-hydrogen) atoms. The van der Waals surface area contributed by atoms with Gasteiger partial charge in [-0.25, -0.2) is 0 Å². The minimum Gasteiger partial charge on any atom is -0.353 e. The molecular formula is C19H40N2O. The fourth-order valence-electron chi connectivity index (χ4n) is 2.83. The van der Waals surface area contributed by atoms with Crippen molar-refractivity contribution < 1.29 is 4.79 Å². The molecule has 0 aromatic carbocycles. The van der Waals surface area contributed by atoms with Gasteiger partial charge in [0.25, 0.3) is 0 Å². The summed E-state index contributed by atoms with van der Waals surface area (Å²) >= 11 is 0. The van der Waals surface area contributed by atoms with Gasteiger partial charge in [-0.2, -0.15) is 0 Å². The van der Waals surface area contributed by atoms with Gasteiger partial charge in [0.15, 0.2) is 0 Å². The molecule has 0 aromatic rings. The molecule has 0 aliphatic heterocycles. The first kappa shape index (κ1) is 21.4. The van der Waals surface area contributed by atoms with Gasteiger partial charge in [0.1, 0.15) is 0 Å². The van der Waals surface area contributed by atoms with E-state index in [-0.39, 0.29) is 17.5 Å². The highest BCUT2D eigenvalue weighted by Crippen LogP contribution is 2.12. The minimum atomic E-state index is -0.217. The van der Waals surface area contributed by atoms with E-state index in [2.05, 4.69) is 19.2 Å². The Morgan fingerprint density at radius 3 is 1.91 bits per heavy atom. The molecular weight excluding hydrogens is 272 g/mol. The quantitative estimate of drug-likeness (QED) is 0.447. The van der Waals surface area contributed by atoms with Crippen LogP contribution in [-0.2, 0) is 4.79 Å². The lowest BCUT2D eigenvalue weighted by molar-refractivity contribution is -0.122. The summed E-state index contributed by atoms with van der Waals surface area (Å²) in [4.78, 5) is 12.0. The summed E-state index contributed by atoms with van der Waals surface area (Å²) in [5.41, 5.74) is 5.82. The third-order valence-corrected chi connectivity index (χ3v) is 4.14. The highest BCUT2D eigenvalue weighted by Gasteiger charge is 2.19. The number of amides is 1. The lowest BCUT2D eigenvalue weighted by Gasteiger charge is -2.26. The van der Waals surface area contributed by atoms with Crippen LogP contribution in [0, 0.1) is 0 Å². The van der Waals surface area contributed by atoms with Crippen molar-refractivity contribution >= 4 is 5.91 Å². The van der Waals surface area contributed by atoms with Gasteiger partial charge in [-0.05, 0) is 33.1 Å². The summed E-state index contributed by atoms with van der Waals surface area (Å²) in [6.07, 6.45) is 14.0. The van der Waals surface area contributed by atoms with Crippen molar-refractivity contribution in [1.29, 1.82) is 0 Å². The average molecular weight is 313 g/mol. The Balaban J connectivity index is 3.56. The van der Waals surface area contributed by atoms with E-state index in [9.17, 15) is 4.79 Å². The molecule has 1 atom stereocenters. The second-order valence-corrected chi connectivity index (χ2v) is 7.44. The van der Waals surface area contributed by atoms with E-state index in [1.54, 1.807) is 0 Å². The fraction of sp³-hybridized carbons (Fsp3) is 0.947. The Morgan fingerprint density at radius 2 is 1.45 bits per heavy atom. The molecule has 0 aliphatic carbocycles.